The molecule has 2 N–H and O–H groups in total. The van der Waals surface area contributed by atoms with E-state index in [0.717, 1.165) is 12.8 Å². The lowest BCUT2D eigenvalue weighted by molar-refractivity contribution is 0.101. The van der Waals surface area contributed by atoms with Crippen molar-refractivity contribution < 1.29 is 13.5 Å². The van der Waals surface area contributed by atoms with Gasteiger partial charge in [-0.3, -0.25) is 0 Å². The Hall–Kier alpha value is -0.330. The molecule has 19 heavy (non-hydrogen) atoms. The molecule has 1 aromatic rings. The maximum absolute atomic E-state index is 12.3. The van der Waals surface area contributed by atoms with E-state index in [4.69, 9.17) is 23.2 Å². The first-order valence-corrected chi connectivity index (χ1v) is 8.30. The Bertz CT molecular complexity index is 542. The van der Waals surface area contributed by atoms with Crippen LogP contribution >= 0.6 is 23.2 Å². The Morgan fingerprint density at radius 1 is 1.16 bits per heavy atom. The molecule has 1 saturated carbocycles. The second-order valence-electron chi connectivity index (χ2n) is 4.63. The fourth-order valence-electron chi connectivity index (χ4n) is 2.25. The third-order valence-electron chi connectivity index (χ3n) is 3.22. The number of aliphatic hydroxyl groups excluding tert-OH is 1. The van der Waals surface area contributed by atoms with Crippen LogP contribution in [0.1, 0.15) is 25.7 Å². The normalized spacial score (nSPS) is 24.4. The molecule has 0 spiro atoms. The van der Waals surface area contributed by atoms with Crippen LogP contribution in [0.3, 0.4) is 0 Å². The first-order chi connectivity index (χ1) is 8.92. The van der Waals surface area contributed by atoms with Gasteiger partial charge in [0.1, 0.15) is 4.90 Å². The maximum Gasteiger partial charge on any atom is 0.243 e. The van der Waals surface area contributed by atoms with Crippen LogP contribution in [0.5, 0.6) is 0 Å². The summed E-state index contributed by atoms with van der Waals surface area (Å²) in [5.41, 5.74) is 0. The highest BCUT2D eigenvalue weighted by atomic mass is 35.5. The van der Waals surface area contributed by atoms with E-state index in [1.165, 1.54) is 12.1 Å². The quantitative estimate of drug-likeness (QED) is 0.898. The third-order valence-corrected chi connectivity index (χ3v) is 5.67. The molecular formula is C12H15Cl2NO3S. The molecule has 1 aromatic carbocycles. The van der Waals surface area contributed by atoms with E-state index in [2.05, 4.69) is 4.72 Å². The Labute approximate surface area is 122 Å². The van der Waals surface area contributed by atoms with Crippen molar-refractivity contribution in [1.82, 2.24) is 4.72 Å². The van der Waals surface area contributed by atoms with Gasteiger partial charge in [-0.25, -0.2) is 13.1 Å². The molecule has 2 atom stereocenters. The lowest BCUT2D eigenvalue weighted by Gasteiger charge is -2.28. The lowest BCUT2D eigenvalue weighted by atomic mass is 9.93. The summed E-state index contributed by atoms with van der Waals surface area (Å²) in [5, 5.41) is 9.97. The number of hydrogen-bond donors (Lipinski definition) is 2. The zero-order valence-corrected chi connectivity index (χ0v) is 12.5. The highest BCUT2D eigenvalue weighted by molar-refractivity contribution is 7.89. The van der Waals surface area contributed by atoms with Crippen LogP contribution in [0.2, 0.25) is 10.0 Å². The van der Waals surface area contributed by atoms with Gasteiger partial charge in [-0.05, 0) is 25.0 Å². The molecule has 0 radical (unpaired) electrons. The molecular weight excluding hydrogens is 309 g/mol. The summed E-state index contributed by atoms with van der Waals surface area (Å²) in [7, 11) is -3.83. The van der Waals surface area contributed by atoms with Gasteiger partial charge in [0.05, 0.1) is 16.1 Å². The molecule has 0 unspecified atom stereocenters. The van der Waals surface area contributed by atoms with Gasteiger partial charge in [0.15, 0.2) is 0 Å². The molecule has 0 saturated heterocycles. The van der Waals surface area contributed by atoms with Gasteiger partial charge in [0.2, 0.25) is 10.0 Å². The molecule has 0 amide bonds. The van der Waals surface area contributed by atoms with Crippen molar-refractivity contribution in [3.05, 3.63) is 28.2 Å². The minimum Gasteiger partial charge on any atom is -0.391 e. The average Bonchev–Trinajstić information content (AvgIpc) is 2.31. The first kappa shape index (κ1) is 15.1. The van der Waals surface area contributed by atoms with Gasteiger partial charge in [-0.1, -0.05) is 42.1 Å². The van der Waals surface area contributed by atoms with Crippen LogP contribution in [0, 0.1) is 0 Å². The van der Waals surface area contributed by atoms with E-state index in [1.807, 2.05) is 0 Å². The van der Waals surface area contributed by atoms with E-state index in [-0.39, 0.29) is 14.9 Å². The van der Waals surface area contributed by atoms with Crippen molar-refractivity contribution in [1.29, 1.82) is 0 Å². The lowest BCUT2D eigenvalue weighted by Crippen LogP contribution is -2.45. The Kier molecular flexibility index (Phi) is 4.74. The van der Waals surface area contributed by atoms with Gasteiger partial charge in [0.25, 0.3) is 0 Å². The number of rotatable bonds is 3. The molecule has 1 aliphatic rings. The summed E-state index contributed by atoms with van der Waals surface area (Å²) >= 11 is 11.8. The van der Waals surface area contributed by atoms with Crippen LogP contribution in [0.15, 0.2) is 23.1 Å². The van der Waals surface area contributed by atoms with Crippen molar-refractivity contribution in [2.45, 2.75) is 42.7 Å². The van der Waals surface area contributed by atoms with Gasteiger partial charge in [0, 0.05) is 6.04 Å². The molecule has 1 aliphatic carbocycles. The average molecular weight is 324 g/mol. The number of halogens is 2. The summed E-state index contributed by atoms with van der Waals surface area (Å²) in [6.07, 6.45) is 2.35. The van der Waals surface area contributed by atoms with Crippen LogP contribution < -0.4 is 4.72 Å². The number of aliphatic hydroxyl groups is 1. The van der Waals surface area contributed by atoms with Gasteiger partial charge < -0.3 is 5.11 Å². The Morgan fingerprint density at radius 2 is 1.74 bits per heavy atom. The monoisotopic (exact) mass is 323 g/mol. The number of benzene rings is 1. The van der Waals surface area contributed by atoms with Gasteiger partial charge in [-0.15, -0.1) is 0 Å². The molecule has 106 valence electrons. The SMILES string of the molecule is O=S(=O)(N[C@@H]1CCCC[C@H]1O)c1c(Cl)cccc1Cl. The number of nitrogens with one attached hydrogen (secondary N) is 1. The summed E-state index contributed by atoms with van der Waals surface area (Å²) in [6.45, 7) is 0. The van der Waals surface area contributed by atoms with Crippen molar-refractivity contribution in [2.75, 3.05) is 0 Å². The van der Waals surface area contributed by atoms with Crippen LogP contribution in [-0.4, -0.2) is 25.7 Å². The third kappa shape index (κ3) is 3.41. The molecule has 0 heterocycles. The Balaban J connectivity index is 2.27. The topological polar surface area (TPSA) is 66.4 Å². The molecule has 1 fully saturated rings. The zero-order valence-electron chi connectivity index (χ0n) is 10.1. The van der Waals surface area contributed by atoms with E-state index in [9.17, 15) is 13.5 Å². The van der Waals surface area contributed by atoms with Crippen molar-refractivity contribution >= 4 is 33.2 Å². The predicted octanol–water partition coefficient (Wildman–Crippen LogP) is 2.58. The number of hydrogen-bond acceptors (Lipinski definition) is 3. The van der Waals surface area contributed by atoms with Crippen molar-refractivity contribution in [3.8, 4) is 0 Å². The van der Waals surface area contributed by atoms with Crippen molar-refractivity contribution in [2.24, 2.45) is 0 Å². The van der Waals surface area contributed by atoms with Crippen molar-refractivity contribution in [3.63, 3.8) is 0 Å². The Morgan fingerprint density at radius 3 is 2.32 bits per heavy atom. The minimum atomic E-state index is -3.83. The summed E-state index contributed by atoms with van der Waals surface area (Å²) < 4.78 is 27.1. The highest BCUT2D eigenvalue weighted by Crippen LogP contribution is 2.30. The van der Waals surface area contributed by atoms with E-state index >= 15 is 0 Å². The van der Waals surface area contributed by atoms with E-state index in [0.29, 0.717) is 12.8 Å². The smallest absolute Gasteiger partial charge is 0.243 e. The zero-order chi connectivity index (χ0) is 14.0. The predicted molar refractivity (Wildman–Crippen MR) is 75.0 cm³/mol. The fraction of sp³-hybridized carbons (Fsp3) is 0.500. The molecule has 7 heteroatoms. The summed E-state index contributed by atoms with van der Waals surface area (Å²) in [5.74, 6) is 0. The second kappa shape index (κ2) is 5.97. The van der Waals surface area contributed by atoms with Crippen LogP contribution in [0.25, 0.3) is 0 Å². The minimum absolute atomic E-state index is 0.0744. The number of sulfonamides is 1. The largest absolute Gasteiger partial charge is 0.391 e. The molecule has 4 nitrogen and oxygen atoms in total. The van der Waals surface area contributed by atoms with E-state index < -0.39 is 22.2 Å². The first-order valence-electron chi connectivity index (χ1n) is 6.06. The van der Waals surface area contributed by atoms with E-state index in [1.54, 1.807) is 6.07 Å². The molecule has 0 aliphatic heterocycles. The second-order valence-corrected chi connectivity index (χ2v) is 7.10. The summed E-state index contributed by atoms with van der Waals surface area (Å²) in [6, 6.07) is 4.05. The fourth-order valence-corrected chi connectivity index (χ4v) is 4.69. The van der Waals surface area contributed by atoms with Crippen LogP contribution in [-0.2, 0) is 10.0 Å². The molecule has 0 aromatic heterocycles. The molecule has 0 bridgehead atoms. The highest BCUT2D eigenvalue weighted by Gasteiger charge is 2.30. The van der Waals surface area contributed by atoms with Crippen LogP contribution in [0.4, 0.5) is 0 Å². The summed E-state index contributed by atoms with van der Waals surface area (Å²) in [4.78, 5) is -0.129. The van der Waals surface area contributed by atoms with Gasteiger partial charge in [-0.2, -0.15) is 0 Å². The standard InChI is InChI=1S/C12H15Cl2NO3S/c13-8-4-3-5-9(14)12(8)19(17,18)15-10-6-1-2-7-11(10)16/h3-5,10-11,15-16H,1-2,6-7H2/t10-,11-/m1/s1. The molecule has 2 rings (SSSR count). The van der Waals surface area contributed by atoms with Gasteiger partial charge >= 0.3 is 0 Å². The maximum atomic E-state index is 12.3.